The molecule has 1 N–H and O–H groups in total. The minimum Gasteiger partial charge on any atom is -0.490 e. The Morgan fingerprint density at radius 3 is 2.90 bits per heavy atom. The molecule has 2 rings (SSSR count). The average Bonchev–Trinajstić information content (AvgIpc) is 2.41. The zero-order valence-electron chi connectivity index (χ0n) is 11.0. The second-order valence-electron chi connectivity index (χ2n) is 4.26. The van der Waals surface area contributed by atoms with Gasteiger partial charge in [-0.05, 0) is 60.3 Å². The van der Waals surface area contributed by atoms with E-state index < -0.39 is 0 Å². The lowest BCUT2D eigenvalue weighted by Gasteiger charge is -2.12. The third-order valence-corrected chi connectivity index (χ3v) is 4.12. The van der Waals surface area contributed by atoms with E-state index in [-0.39, 0.29) is 0 Å². The zero-order chi connectivity index (χ0) is 14.5. The molecule has 3 nitrogen and oxygen atoms in total. The van der Waals surface area contributed by atoms with Gasteiger partial charge in [-0.2, -0.15) is 0 Å². The van der Waals surface area contributed by atoms with Gasteiger partial charge in [0.1, 0.15) is 10.7 Å². The fourth-order valence-electron chi connectivity index (χ4n) is 1.85. The Balaban J connectivity index is 2.25. The Morgan fingerprint density at radius 2 is 2.15 bits per heavy atom. The summed E-state index contributed by atoms with van der Waals surface area (Å²) in [7, 11) is 0. The highest BCUT2D eigenvalue weighted by Gasteiger charge is 2.13. The van der Waals surface area contributed by atoms with Crippen molar-refractivity contribution in [3.63, 3.8) is 0 Å². The van der Waals surface area contributed by atoms with E-state index in [1.807, 2.05) is 12.1 Å². The molecule has 0 saturated heterocycles. The van der Waals surface area contributed by atoms with Crippen molar-refractivity contribution < 1.29 is 4.74 Å². The van der Waals surface area contributed by atoms with Crippen LogP contribution in [0.3, 0.4) is 0 Å². The summed E-state index contributed by atoms with van der Waals surface area (Å²) in [6.07, 6.45) is 0.939. The minimum atomic E-state index is 0.438. The highest BCUT2D eigenvalue weighted by Crippen LogP contribution is 2.35. The average molecular weight is 425 g/mol. The quantitative estimate of drug-likeness (QED) is 0.420. The van der Waals surface area contributed by atoms with Crippen LogP contribution in [-0.2, 0) is 0 Å². The summed E-state index contributed by atoms with van der Waals surface area (Å²) < 4.78 is 6.82. The van der Waals surface area contributed by atoms with Crippen molar-refractivity contribution in [2.45, 2.75) is 13.3 Å². The first-order valence-electron chi connectivity index (χ1n) is 6.41. The molecule has 0 spiro atoms. The van der Waals surface area contributed by atoms with Crippen molar-refractivity contribution in [1.82, 2.24) is 10.3 Å². The molecule has 1 heterocycles. The Bertz CT molecular complexity index is 607. The second-order valence-corrected chi connectivity index (χ2v) is 6.21. The first-order valence-corrected chi connectivity index (χ1v) is 8.24. The Hall–Kier alpha value is -0.300. The van der Waals surface area contributed by atoms with Gasteiger partial charge in [-0.3, -0.25) is 0 Å². The molecule has 0 radical (unpaired) electrons. The van der Waals surface area contributed by atoms with E-state index in [4.69, 9.17) is 27.9 Å². The van der Waals surface area contributed by atoms with Crippen LogP contribution >= 0.6 is 45.8 Å². The number of nitrogens with zero attached hydrogens (tertiary/aromatic N) is 1. The van der Waals surface area contributed by atoms with Crippen molar-refractivity contribution >= 4 is 56.7 Å². The topological polar surface area (TPSA) is 34.1 Å². The third kappa shape index (κ3) is 3.87. The van der Waals surface area contributed by atoms with Gasteiger partial charge in [0, 0.05) is 5.39 Å². The van der Waals surface area contributed by atoms with Gasteiger partial charge in [0.05, 0.1) is 15.2 Å². The molecule has 0 unspecified atom stereocenters. The Morgan fingerprint density at radius 1 is 1.35 bits per heavy atom. The molecule has 1 aromatic heterocycles. The van der Waals surface area contributed by atoms with E-state index in [1.54, 1.807) is 6.07 Å². The van der Waals surface area contributed by atoms with E-state index in [9.17, 15) is 0 Å². The van der Waals surface area contributed by atoms with Crippen LogP contribution in [0.1, 0.15) is 13.3 Å². The maximum absolute atomic E-state index is 6.24. The van der Waals surface area contributed by atoms with Crippen LogP contribution in [0.5, 0.6) is 5.75 Å². The molecule has 0 aliphatic carbocycles. The van der Waals surface area contributed by atoms with Crippen molar-refractivity contribution in [3.8, 4) is 5.75 Å². The first-order chi connectivity index (χ1) is 9.63. The second kappa shape index (κ2) is 7.64. The standard InChI is InChI=1S/C14H15Cl2IN2O/c1-2-18-6-3-7-20-14-11(17)8-10(15)9-4-5-12(16)19-13(9)14/h4-5,8,18H,2-3,6-7H2,1H3. The van der Waals surface area contributed by atoms with E-state index in [0.29, 0.717) is 16.8 Å². The normalized spacial score (nSPS) is 11.0. The molecule has 6 heteroatoms. The van der Waals surface area contributed by atoms with Crippen LogP contribution in [0.2, 0.25) is 10.2 Å². The monoisotopic (exact) mass is 424 g/mol. The van der Waals surface area contributed by atoms with Crippen LogP contribution in [0.25, 0.3) is 10.9 Å². The lowest BCUT2D eigenvalue weighted by molar-refractivity contribution is 0.309. The summed E-state index contributed by atoms with van der Waals surface area (Å²) in [5.74, 6) is 0.754. The summed E-state index contributed by atoms with van der Waals surface area (Å²) in [6, 6.07) is 5.49. The summed E-state index contributed by atoms with van der Waals surface area (Å²) >= 11 is 14.4. The number of rotatable bonds is 6. The van der Waals surface area contributed by atoms with E-state index >= 15 is 0 Å². The van der Waals surface area contributed by atoms with E-state index in [1.165, 1.54) is 0 Å². The maximum Gasteiger partial charge on any atom is 0.158 e. The minimum absolute atomic E-state index is 0.438. The Kier molecular flexibility index (Phi) is 6.14. The molecule has 2 aromatic rings. The predicted molar refractivity (Wildman–Crippen MR) is 93.1 cm³/mol. The summed E-state index contributed by atoms with van der Waals surface area (Å²) in [5, 5.41) is 5.22. The zero-order valence-corrected chi connectivity index (χ0v) is 14.7. The van der Waals surface area contributed by atoms with Crippen LogP contribution < -0.4 is 10.1 Å². The highest BCUT2D eigenvalue weighted by molar-refractivity contribution is 14.1. The number of hydrogen-bond acceptors (Lipinski definition) is 3. The maximum atomic E-state index is 6.24. The van der Waals surface area contributed by atoms with E-state index in [2.05, 4.69) is 39.8 Å². The largest absolute Gasteiger partial charge is 0.490 e. The number of pyridine rings is 1. The van der Waals surface area contributed by atoms with E-state index in [0.717, 1.165) is 39.7 Å². The summed E-state index contributed by atoms with van der Waals surface area (Å²) in [6.45, 7) is 4.63. The van der Waals surface area contributed by atoms with Crippen LogP contribution in [0, 0.1) is 3.57 Å². The molecule has 0 atom stereocenters. The van der Waals surface area contributed by atoms with Gasteiger partial charge in [-0.1, -0.05) is 30.1 Å². The number of nitrogens with one attached hydrogen (secondary N) is 1. The molecule has 0 amide bonds. The molecule has 108 valence electrons. The number of halogens is 3. The van der Waals surface area contributed by atoms with Crippen molar-refractivity contribution in [2.75, 3.05) is 19.7 Å². The highest BCUT2D eigenvalue weighted by atomic mass is 127. The van der Waals surface area contributed by atoms with Crippen LogP contribution in [-0.4, -0.2) is 24.7 Å². The smallest absolute Gasteiger partial charge is 0.158 e. The first kappa shape index (κ1) is 16.1. The molecule has 0 fully saturated rings. The molecular formula is C14H15Cl2IN2O. The molecule has 0 aliphatic heterocycles. The fourth-order valence-corrected chi connectivity index (χ4v) is 3.17. The van der Waals surface area contributed by atoms with Gasteiger partial charge in [0.25, 0.3) is 0 Å². The molecule has 0 aliphatic rings. The van der Waals surface area contributed by atoms with Crippen molar-refractivity contribution in [3.05, 3.63) is 31.9 Å². The number of aromatic nitrogens is 1. The number of benzene rings is 1. The molecular weight excluding hydrogens is 410 g/mol. The van der Waals surface area contributed by atoms with Gasteiger partial charge in [0.2, 0.25) is 0 Å². The summed E-state index contributed by atoms with van der Waals surface area (Å²) in [5.41, 5.74) is 0.720. The summed E-state index contributed by atoms with van der Waals surface area (Å²) in [4.78, 5) is 4.35. The molecule has 1 aromatic carbocycles. The van der Waals surface area contributed by atoms with Gasteiger partial charge in [-0.15, -0.1) is 0 Å². The molecule has 0 saturated carbocycles. The van der Waals surface area contributed by atoms with Crippen molar-refractivity contribution in [1.29, 1.82) is 0 Å². The van der Waals surface area contributed by atoms with Crippen LogP contribution in [0.15, 0.2) is 18.2 Å². The Labute approximate surface area is 142 Å². The SMILES string of the molecule is CCNCCCOc1c(I)cc(Cl)c2ccc(Cl)nc12. The van der Waals surface area contributed by atoms with Gasteiger partial charge < -0.3 is 10.1 Å². The number of hydrogen-bond donors (Lipinski definition) is 1. The molecule has 0 bridgehead atoms. The lowest BCUT2D eigenvalue weighted by atomic mass is 10.2. The third-order valence-electron chi connectivity index (χ3n) is 2.80. The molecule has 20 heavy (non-hydrogen) atoms. The lowest BCUT2D eigenvalue weighted by Crippen LogP contribution is -2.16. The number of ether oxygens (including phenoxy) is 1. The van der Waals surface area contributed by atoms with Crippen molar-refractivity contribution in [2.24, 2.45) is 0 Å². The predicted octanol–water partition coefficient (Wildman–Crippen LogP) is 4.52. The van der Waals surface area contributed by atoms with Gasteiger partial charge >= 0.3 is 0 Å². The number of fused-ring (bicyclic) bond motifs is 1. The fraction of sp³-hybridized carbons (Fsp3) is 0.357. The van der Waals surface area contributed by atoms with Crippen LogP contribution in [0.4, 0.5) is 0 Å². The van der Waals surface area contributed by atoms with Gasteiger partial charge in [0.15, 0.2) is 5.75 Å². The van der Waals surface area contributed by atoms with Gasteiger partial charge in [-0.25, -0.2) is 4.98 Å².